The molecule has 2 atom stereocenters. The molecule has 1 aliphatic heterocycles. The quantitative estimate of drug-likeness (QED) is 0.457. The van der Waals surface area contributed by atoms with E-state index in [1.54, 1.807) is 13.8 Å². The van der Waals surface area contributed by atoms with Gasteiger partial charge in [-0.25, -0.2) is 13.8 Å². The number of amides is 1. The summed E-state index contributed by atoms with van der Waals surface area (Å²) in [6, 6.07) is 1.82. The Morgan fingerprint density at radius 1 is 1.28 bits per heavy atom. The summed E-state index contributed by atoms with van der Waals surface area (Å²) in [5.74, 6) is -3.44. The van der Waals surface area contributed by atoms with Crippen LogP contribution in [0, 0.1) is 18.6 Å². The van der Waals surface area contributed by atoms with Gasteiger partial charge in [-0.2, -0.15) is 13.2 Å². The van der Waals surface area contributed by atoms with Crippen molar-refractivity contribution in [1.82, 2.24) is 4.98 Å². The lowest BCUT2D eigenvalue weighted by Crippen LogP contribution is -2.50. The van der Waals surface area contributed by atoms with E-state index in [0.717, 1.165) is 29.2 Å². The first kappa shape index (κ1) is 24.4. The van der Waals surface area contributed by atoms with Crippen LogP contribution in [0.3, 0.4) is 0 Å². The second kappa shape index (κ2) is 8.93. The number of halogens is 6. The summed E-state index contributed by atoms with van der Waals surface area (Å²) in [6.45, 7) is 4.54. The first-order chi connectivity index (χ1) is 14.8. The van der Waals surface area contributed by atoms with E-state index in [9.17, 15) is 31.0 Å². The second-order valence-corrected chi connectivity index (χ2v) is 9.42. The minimum absolute atomic E-state index is 0.0655. The molecule has 1 amide bonds. The van der Waals surface area contributed by atoms with Gasteiger partial charge in [0, 0.05) is 22.5 Å². The van der Waals surface area contributed by atoms with E-state index in [0.29, 0.717) is 0 Å². The molecule has 1 saturated heterocycles. The summed E-state index contributed by atoms with van der Waals surface area (Å²) >= 11 is 5.66. The van der Waals surface area contributed by atoms with E-state index >= 15 is 0 Å². The number of hydrogen-bond acceptors (Lipinski definition) is 4. The topological polar surface area (TPSA) is 53.5 Å². The molecule has 2 heterocycles. The van der Waals surface area contributed by atoms with Crippen molar-refractivity contribution in [2.24, 2.45) is 0 Å². The molecule has 0 N–H and O–H groups in total. The van der Waals surface area contributed by atoms with Gasteiger partial charge >= 0.3 is 6.18 Å². The number of alkyl halides is 3. The predicted octanol–water partition coefficient (Wildman–Crippen LogP) is 4.68. The lowest BCUT2D eigenvalue weighted by molar-refractivity contribution is -0.137. The third kappa shape index (κ3) is 4.73. The fourth-order valence-electron chi connectivity index (χ4n) is 3.47. The highest BCUT2D eigenvalue weighted by atomic mass is 35.5. The molecule has 1 aliphatic rings. The first-order valence-corrected chi connectivity index (χ1v) is 11.3. The molecule has 1 unspecified atom stereocenters. The summed E-state index contributed by atoms with van der Waals surface area (Å²) in [6.07, 6.45) is -4.64. The summed E-state index contributed by atoms with van der Waals surface area (Å²) in [7, 11) is -1.56. The van der Waals surface area contributed by atoms with Crippen LogP contribution in [0.25, 0.3) is 0 Å². The van der Waals surface area contributed by atoms with Crippen LogP contribution in [0.1, 0.15) is 25.1 Å². The summed E-state index contributed by atoms with van der Waals surface area (Å²) in [5, 5.41) is -0.789. The summed E-state index contributed by atoms with van der Waals surface area (Å²) in [4.78, 5) is 19.8. The van der Waals surface area contributed by atoms with E-state index in [1.807, 2.05) is 0 Å². The smallest absolute Gasteiger partial charge is 0.332 e. The number of benzene rings is 1. The van der Waals surface area contributed by atoms with Crippen molar-refractivity contribution in [3.8, 4) is 0 Å². The van der Waals surface area contributed by atoms with E-state index in [4.69, 9.17) is 11.6 Å². The molecular weight excluding hydrogens is 477 g/mol. The number of aryl methyl sites for hydroxylation is 1. The molecule has 0 spiro atoms. The fourth-order valence-corrected chi connectivity index (χ4v) is 5.03. The number of carbonyl (C=O) groups is 1. The second-order valence-electron chi connectivity index (χ2n) is 7.57. The van der Waals surface area contributed by atoms with Crippen molar-refractivity contribution in [3.63, 3.8) is 0 Å². The Balaban J connectivity index is 2.05. The molecule has 5 nitrogen and oxygen atoms in total. The maximum absolute atomic E-state index is 14.7. The highest BCUT2D eigenvalue weighted by Crippen LogP contribution is 2.35. The number of carbonyl (C=O) groups excluding carboxylic acids is 1. The molecule has 174 valence electrons. The minimum atomic E-state index is -4.64. The van der Waals surface area contributed by atoms with Crippen LogP contribution in [0.2, 0.25) is 5.02 Å². The average Bonchev–Trinajstić information content (AvgIpc) is 3.08. The number of hydrogen-bond donors (Lipinski definition) is 0. The van der Waals surface area contributed by atoms with Crippen molar-refractivity contribution in [3.05, 3.63) is 52.2 Å². The van der Waals surface area contributed by atoms with E-state index in [1.165, 1.54) is 11.8 Å². The van der Waals surface area contributed by atoms with Crippen LogP contribution in [0.5, 0.6) is 0 Å². The third-order valence-electron chi connectivity index (χ3n) is 4.88. The van der Waals surface area contributed by atoms with Crippen LogP contribution >= 0.6 is 11.6 Å². The Hall–Kier alpha value is -2.27. The first-order valence-electron chi connectivity index (χ1n) is 9.45. The molecule has 32 heavy (non-hydrogen) atoms. The fraction of sp³-hybridized carbons (Fsp3) is 0.400. The highest BCUT2D eigenvalue weighted by Gasteiger charge is 2.41. The molecule has 0 bridgehead atoms. The molecule has 3 rings (SSSR count). The van der Waals surface area contributed by atoms with Crippen molar-refractivity contribution in [2.45, 2.75) is 39.0 Å². The largest absolute Gasteiger partial charge is 0.416 e. The van der Waals surface area contributed by atoms with E-state index in [2.05, 4.69) is 4.98 Å². The molecule has 1 aromatic heterocycles. The van der Waals surface area contributed by atoms with Gasteiger partial charge in [0.15, 0.2) is 5.82 Å². The maximum atomic E-state index is 14.7. The molecule has 0 aliphatic carbocycles. The zero-order valence-corrected chi connectivity index (χ0v) is 18.8. The lowest BCUT2D eigenvalue weighted by Gasteiger charge is -2.33. The Morgan fingerprint density at radius 2 is 1.94 bits per heavy atom. The van der Waals surface area contributed by atoms with Gasteiger partial charge in [-0.3, -0.25) is 9.00 Å². The van der Waals surface area contributed by atoms with Crippen LogP contribution in [0.15, 0.2) is 24.3 Å². The van der Waals surface area contributed by atoms with E-state index < -0.39 is 57.2 Å². The number of anilines is 2. The van der Waals surface area contributed by atoms with Gasteiger partial charge < -0.3 is 9.80 Å². The van der Waals surface area contributed by atoms with Crippen molar-refractivity contribution in [2.75, 3.05) is 21.4 Å². The van der Waals surface area contributed by atoms with Crippen LogP contribution < -0.4 is 9.80 Å². The molecular formula is C20H19ClF5N3O2S. The van der Waals surface area contributed by atoms with E-state index in [-0.39, 0.29) is 28.8 Å². The Kier molecular flexibility index (Phi) is 6.80. The Bertz CT molecular complexity index is 1080. The maximum Gasteiger partial charge on any atom is 0.416 e. The van der Waals surface area contributed by atoms with Gasteiger partial charge in [-0.05, 0) is 45.0 Å². The molecule has 2 aromatic rings. The normalized spacial score (nSPS) is 19.0. The van der Waals surface area contributed by atoms with Gasteiger partial charge in [0.1, 0.15) is 22.7 Å². The summed E-state index contributed by atoms with van der Waals surface area (Å²) in [5.41, 5.74) is -1.18. The zero-order chi connectivity index (χ0) is 24.0. The number of aromatic nitrogens is 1. The van der Waals surface area contributed by atoms with Crippen LogP contribution in [-0.4, -0.2) is 38.8 Å². The van der Waals surface area contributed by atoms with Crippen molar-refractivity contribution in [1.29, 1.82) is 0 Å². The molecule has 0 radical (unpaired) electrons. The van der Waals surface area contributed by atoms with Crippen LogP contribution in [-0.2, 0) is 21.8 Å². The number of rotatable bonds is 4. The molecule has 12 heteroatoms. The van der Waals surface area contributed by atoms with Gasteiger partial charge in [0.2, 0.25) is 0 Å². The highest BCUT2D eigenvalue weighted by molar-refractivity contribution is 7.85. The van der Waals surface area contributed by atoms with Gasteiger partial charge in [0.25, 0.3) is 5.91 Å². The zero-order valence-electron chi connectivity index (χ0n) is 17.2. The average molecular weight is 496 g/mol. The van der Waals surface area contributed by atoms with Crippen LogP contribution in [0.4, 0.5) is 33.5 Å². The summed E-state index contributed by atoms with van der Waals surface area (Å²) < 4.78 is 80.4. The molecule has 1 aromatic carbocycles. The standard InChI is InChI=1S/C20H19ClF5N3O2S/c1-10(2)29(14-5-4-13(22)17(21)18(14)23)19(30)15-8-32(31)9-28(15)16-7-12(20(24,25)26)6-11(3)27-16/h4-7,10,15H,8-9H2,1-3H3/t15-,32?/m0/s1. The molecule has 1 fully saturated rings. The SMILES string of the molecule is Cc1cc(C(F)(F)F)cc(N2CS(=O)C[C@H]2C(=O)N(c2ccc(F)c(Cl)c2F)C(C)C)n1. The molecule has 0 saturated carbocycles. The predicted molar refractivity (Wildman–Crippen MR) is 112 cm³/mol. The van der Waals surface area contributed by atoms with Crippen molar-refractivity contribution >= 4 is 39.8 Å². The van der Waals surface area contributed by atoms with Crippen molar-refractivity contribution < 1.29 is 31.0 Å². The van der Waals surface area contributed by atoms with Gasteiger partial charge in [0.05, 0.1) is 22.9 Å². The lowest BCUT2D eigenvalue weighted by atomic mass is 10.1. The Labute approximate surface area is 188 Å². The minimum Gasteiger partial charge on any atom is -0.332 e. The number of pyridine rings is 1. The third-order valence-corrected chi connectivity index (χ3v) is 6.48. The number of nitrogens with zero attached hydrogens (tertiary/aromatic N) is 3. The van der Waals surface area contributed by atoms with Gasteiger partial charge in [-0.1, -0.05) is 11.6 Å². The monoisotopic (exact) mass is 495 g/mol. The van der Waals surface area contributed by atoms with Gasteiger partial charge in [-0.15, -0.1) is 0 Å². The Morgan fingerprint density at radius 3 is 2.53 bits per heavy atom.